The van der Waals surface area contributed by atoms with Gasteiger partial charge in [-0.2, -0.15) is 0 Å². The zero-order valence-corrected chi connectivity index (χ0v) is 5.73. The first-order valence-electron chi connectivity index (χ1n) is 0.521. The summed E-state index contributed by atoms with van der Waals surface area (Å²) in [7, 11) is 0. The molecule has 0 atom stereocenters. The summed E-state index contributed by atoms with van der Waals surface area (Å²) in [5, 5.41) is 0. The SMILES string of the molecule is Cl[P+](Cl)=[Se]. The first kappa shape index (κ1) is 5.40. The molecular weight excluding hydrogens is 181 g/mol. The van der Waals surface area contributed by atoms with Crippen LogP contribution in [0.5, 0.6) is 0 Å². The van der Waals surface area contributed by atoms with Gasteiger partial charge in [0.05, 0.1) is 0 Å². The van der Waals surface area contributed by atoms with E-state index in [0.29, 0.717) is 0 Å². The fourth-order valence-corrected chi connectivity index (χ4v) is 0. The van der Waals surface area contributed by atoms with E-state index in [0.717, 1.165) is 0 Å². The van der Waals surface area contributed by atoms with Crippen molar-refractivity contribution >= 4 is 42.5 Å². The van der Waals surface area contributed by atoms with Crippen molar-refractivity contribution in [2.75, 3.05) is 0 Å². The van der Waals surface area contributed by atoms with E-state index in [1.165, 1.54) is 0 Å². The molecule has 4 heteroatoms. The molecule has 0 spiro atoms. The van der Waals surface area contributed by atoms with Crippen LogP contribution in [-0.2, 0) is 0 Å². The summed E-state index contributed by atoms with van der Waals surface area (Å²) >= 11 is 12.6. The zero-order valence-electron chi connectivity index (χ0n) is 1.61. The number of halogens is 2. The van der Waals surface area contributed by atoms with Crippen LogP contribution in [0.2, 0.25) is 0 Å². The second-order valence-electron chi connectivity index (χ2n) is 0.202. The molecule has 0 nitrogen and oxygen atoms in total. The maximum absolute atomic E-state index is 5.05. The Morgan fingerprint density at radius 2 is 1.50 bits per heavy atom. The van der Waals surface area contributed by atoms with Gasteiger partial charge in [-0.05, 0) is 0 Å². The Morgan fingerprint density at radius 3 is 1.50 bits per heavy atom. The molecular formula is Cl2PSe+. The third-order valence-corrected chi connectivity index (χ3v) is 0. The zero-order chi connectivity index (χ0) is 3.58. The van der Waals surface area contributed by atoms with E-state index in [1.54, 1.807) is 0 Å². The van der Waals surface area contributed by atoms with Crippen molar-refractivity contribution in [3.63, 3.8) is 0 Å². The van der Waals surface area contributed by atoms with Gasteiger partial charge in [0.1, 0.15) is 0 Å². The van der Waals surface area contributed by atoms with E-state index in [-0.39, 0.29) is 0 Å². The van der Waals surface area contributed by atoms with Crippen molar-refractivity contribution in [1.29, 1.82) is 0 Å². The summed E-state index contributed by atoms with van der Waals surface area (Å²) in [6.07, 6.45) is 0. The van der Waals surface area contributed by atoms with Gasteiger partial charge in [-0.25, -0.2) is 0 Å². The Balaban J connectivity index is 2.80. The Kier molecular flexibility index (Phi) is 3.55. The maximum atomic E-state index is 5.05. The van der Waals surface area contributed by atoms with E-state index in [9.17, 15) is 0 Å². The van der Waals surface area contributed by atoms with Crippen LogP contribution in [0.1, 0.15) is 0 Å². The predicted molar refractivity (Wildman–Crippen MR) is 24.4 cm³/mol. The molecule has 0 N–H and O–H groups in total. The van der Waals surface area contributed by atoms with Gasteiger partial charge in [-0.1, -0.05) is 0 Å². The molecule has 0 rings (SSSR count). The van der Waals surface area contributed by atoms with Gasteiger partial charge in [-0.3, -0.25) is 0 Å². The molecule has 0 aromatic rings. The fourth-order valence-electron chi connectivity index (χ4n) is 0. The summed E-state index contributed by atoms with van der Waals surface area (Å²) < 4.78 is 0. The van der Waals surface area contributed by atoms with E-state index in [4.69, 9.17) is 22.5 Å². The second kappa shape index (κ2) is 2.63. The van der Waals surface area contributed by atoms with Gasteiger partial charge in [0, 0.05) is 0 Å². The van der Waals surface area contributed by atoms with E-state index in [2.05, 4.69) is 15.1 Å². The predicted octanol–water partition coefficient (Wildman–Crippen LogP) is 1.86. The molecule has 0 saturated heterocycles. The topological polar surface area (TPSA) is 0 Å². The first-order chi connectivity index (χ1) is 1.73. The van der Waals surface area contributed by atoms with Crippen molar-refractivity contribution in [3.8, 4) is 0 Å². The molecule has 0 saturated carbocycles. The number of hydrogen-bond donors (Lipinski definition) is 0. The second-order valence-corrected chi connectivity index (χ2v) is 8.18. The van der Waals surface area contributed by atoms with E-state index < -0.39 is 4.87 Å². The number of hydrogen-bond acceptors (Lipinski definition) is 0. The molecule has 0 aromatic carbocycles. The molecule has 0 aromatic heterocycles. The van der Waals surface area contributed by atoms with Gasteiger partial charge >= 0.3 is 42.5 Å². The third-order valence-electron chi connectivity index (χ3n) is 0. The monoisotopic (exact) mass is 181 g/mol. The summed E-state index contributed by atoms with van der Waals surface area (Å²) in [5.41, 5.74) is 0. The minimum absolute atomic E-state index is 0.801. The van der Waals surface area contributed by atoms with Crippen LogP contribution in [0.15, 0.2) is 0 Å². The molecule has 24 valence electrons. The van der Waals surface area contributed by atoms with Crippen LogP contribution >= 0.6 is 27.4 Å². The van der Waals surface area contributed by atoms with Gasteiger partial charge in [-0.15, -0.1) is 0 Å². The Morgan fingerprint density at radius 1 is 1.50 bits per heavy atom. The van der Waals surface area contributed by atoms with Gasteiger partial charge in [0.2, 0.25) is 0 Å². The minimum atomic E-state index is -0.801. The van der Waals surface area contributed by atoms with Gasteiger partial charge in [0.25, 0.3) is 0 Å². The Labute approximate surface area is 42.7 Å². The average molecular weight is 181 g/mol. The van der Waals surface area contributed by atoms with Crippen LogP contribution in [0.4, 0.5) is 0 Å². The standard InChI is InChI=1S/Cl2PSe/c1-3(2)4/q+1. The van der Waals surface area contributed by atoms with Crippen LogP contribution in [0.3, 0.4) is 0 Å². The van der Waals surface area contributed by atoms with Crippen molar-refractivity contribution in [2.45, 2.75) is 0 Å². The van der Waals surface area contributed by atoms with Crippen molar-refractivity contribution in [1.82, 2.24) is 0 Å². The number of rotatable bonds is 0. The summed E-state index contributed by atoms with van der Waals surface area (Å²) in [5.74, 6) is 0. The van der Waals surface area contributed by atoms with E-state index in [1.807, 2.05) is 0 Å². The molecule has 0 unspecified atom stereocenters. The Bertz CT molecular complexity index is 29.0. The summed E-state index contributed by atoms with van der Waals surface area (Å²) in [4.78, 5) is -0.801. The molecule has 0 heterocycles. The molecule has 0 bridgehead atoms. The fraction of sp³-hybridized carbons (Fsp3) is 0. The van der Waals surface area contributed by atoms with Crippen LogP contribution < -0.4 is 0 Å². The van der Waals surface area contributed by atoms with Crippen LogP contribution in [0, 0.1) is 0 Å². The third kappa shape index (κ3) is 9.99. The molecule has 0 fully saturated rings. The van der Waals surface area contributed by atoms with Crippen molar-refractivity contribution in [2.24, 2.45) is 0 Å². The molecule has 4 heavy (non-hydrogen) atoms. The van der Waals surface area contributed by atoms with Gasteiger partial charge in [0.15, 0.2) is 0 Å². The normalized spacial score (nSPS) is 6.50. The molecule has 0 radical (unpaired) electrons. The van der Waals surface area contributed by atoms with Crippen LogP contribution in [-0.4, -0.2) is 15.1 Å². The first-order valence-corrected chi connectivity index (χ1v) is 5.89. The Hall–Kier alpha value is 1.40. The summed E-state index contributed by atoms with van der Waals surface area (Å²) in [6, 6.07) is 0. The van der Waals surface area contributed by atoms with Crippen molar-refractivity contribution < 1.29 is 0 Å². The average Bonchev–Trinajstić information content (AvgIpc) is 0.811. The summed E-state index contributed by atoms with van der Waals surface area (Å²) in [6.45, 7) is 0. The van der Waals surface area contributed by atoms with E-state index >= 15 is 0 Å². The quantitative estimate of drug-likeness (QED) is 0.395. The molecule has 0 aliphatic rings. The molecule has 0 aliphatic carbocycles. The molecule has 0 amide bonds. The van der Waals surface area contributed by atoms with Crippen molar-refractivity contribution in [3.05, 3.63) is 0 Å². The molecule has 0 aliphatic heterocycles. The van der Waals surface area contributed by atoms with Gasteiger partial charge < -0.3 is 0 Å². The van der Waals surface area contributed by atoms with Crippen LogP contribution in [0.25, 0.3) is 0 Å².